The lowest BCUT2D eigenvalue weighted by Crippen LogP contribution is -2.42. The van der Waals surface area contributed by atoms with Crippen LogP contribution in [0.25, 0.3) is 0 Å². The Kier molecular flexibility index (Phi) is 2.17. The first-order valence-corrected chi connectivity index (χ1v) is 5.24. The van der Waals surface area contributed by atoms with Gasteiger partial charge in [-0.05, 0) is 30.8 Å². The molecule has 0 saturated carbocycles. The van der Waals surface area contributed by atoms with E-state index in [1.165, 1.54) is 17.7 Å². The summed E-state index contributed by atoms with van der Waals surface area (Å²) >= 11 is 1.80. The predicted octanol–water partition coefficient (Wildman–Crippen LogP) is 1.29. The lowest BCUT2D eigenvalue weighted by atomic mass is 9.96. The predicted molar refractivity (Wildman–Crippen MR) is 52.3 cm³/mol. The van der Waals surface area contributed by atoms with Crippen molar-refractivity contribution in [2.24, 2.45) is 5.73 Å². The van der Waals surface area contributed by atoms with Crippen LogP contribution in [0.2, 0.25) is 0 Å². The van der Waals surface area contributed by atoms with Gasteiger partial charge in [0.25, 0.3) is 0 Å². The minimum Gasteiger partial charge on any atom is -0.328 e. The molecule has 1 aromatic heterocycles. The van der Waals surface area contributed by atoms with Crippen LogP contribution < -0.4 is 11.1 Å². The van der Waals surface area contributed by atoms with Crippen LogP contribution in [0.5, 0.6) is 0 Å². The maximum atomic E-state index is 5.80. The highest BCUT2D eigenvalue weighted by Crippen LogP contribution is 2.32. The van der Waals surface area contributed by atoms with E-state index in [9.17, 15) is 0 Å². The lowest BCUT2D eigenvalue weighted by molar-refractivity contribution is 0.410. The van der Waals surface area contributed by atoms with E-state index in [0.717, 1.165) is 6.54 Å². The van der Waals surface area contributed by atoms with E-state index in [4.69, 9.17) is 5.73 Å². The average molecular weight is 182 g/mol. The third-order valence-corrected chi connectivity index (χ3v) is 3.66. The van der Waals surface area contributed by atoms with Crippen LogP contribution >= 0.6 is 11.3 Å². The summed E-state index contributed by atoms with van der Waals surface area (Å²) in [7, 11) is 0. The molecule has 0 amide bonds. The fraction of sp³-hybridized carbons (Fsp3) is 0.556. The Hall–Kier alpha value is -0.380. The zero-order valence-corrected chi connectivity index (χ0v) is 7.86. The van der Waals surface area contributed by atoms with E-state index in [0.29, 0.717) is 6.54 Å². The Morgan fingerprint density at radius 1 is 1.67 bits per heavy atom. The summed E-state index contributed by atoms with van der Waals surface area (Å²) in [5, 5.41) is 5.63. The normalized spacial score (nSPS) is 29.4. The zero-order chi connectivity index (χ0) is 8.44. The van der Waals surface area contributed by atoms with Crippen molar-refractivity contribution in [1.29, 1.82) is 0 Å². The van der Waals surface area contributed by atoms with Gasteiger partial charge in [0.2, 0.25) is 0 Å². The second-order valence-electron chi connectivity index (χ2n) is 3.29. The summed E-state index contributed by atoms with van der Waals surface area (Å²) in [5.41, 5.74) is 5.91. The molecular weight excluding hydrogens is 168 g/mol. The quantitative estimate of drug-likeness (QED) is 0.723. The maximum Gasteiger partial charge on any atom is 0.0653 e. The van der Waals surface area contributed by atoms with E-state index < -0.39 is 0 Å². The number of rotatable bonds is 2. The molecular formula is C9H14N2S. The molecule has 66 valence electrons. The number of nitrogens with one attached hydrogen (secondary N) is 1. The monoisotopic (exact) mass is 182 g/mol. The minimum atomic E-state index is 0.105. The van der Waals surface area contributed by atoms with Gasteiger partial charge in [-0.1, -0.05) is 6.07 Å². The molecule has 1 aliphatic rings. The van der Waals surface area contributed by atoms with Crippen LogP contribution in [0.4, 0.5) is 0 Å². The van der Waals surface area contributed by atoms with Crippen LogP contribution in [-0.2, 0) is 5.54 Å². The van der Waals surface area contributed by atoms with Crippen LogP contribution in [0.1, 0.15) is 17.7 Å². The topological polar surface area (TPSA) is 38.0 Å². The first kappa shape index (κ1) is 8.23. The maximum absolute atomic E-state index is 5.80. The molecule has 1 fully saturated rings. The van der Waals surface area contributed by atoms with Crippen molar-refractivity contribution < 1.29 is 0 Å². The van der Waals surface area contributed by atoms with Crippen LogP contribution in [0.3, 0.4) is 0 Å². The van der Waals surface area contributed by atoms with Gasteiger partial charge in [-0.25, -0.2) is 0 Å². The van der Waals surface area contributed by atoms with Gasteiger partial charge in [0, 0.05) is 11.4 Å². The average Bonchev–Trinajstić information content (AvgIpc) is 2.76. The van der Waals surface area contributed by atoms with Crippen molar-refractivity contribution in [2.45, 2.75) is 18.4 Å². The molecule has 0 spiro atoms. The van der Waals surface area contributed by atoms with E-state index in [1.807, 2.05) is 0 Å². The molecule has 0 aliphatic carbocycles. The molecule has 2 rings (SSSR count). The summed E-state index contributed by atoms with van der Waals surface area (Å²) < 4.78 is 0. The number of hydrogen-bond donors (Lipinski definition) is 2. The molecule has 3 N–H and O–H groups in total. The Morgan fingerprint density at radius 2 is 2.58 bits per heavy atom. The summed E-state index contributed by atoms with van der Waals surface area (Å²) in [4.78, 5) is 1.39. The molecule has 0 aromatic carbocycles. The molecule has 1 saturated heterocycles. The third kappa shape index (κ3) is 1.18. The Balaban J connectivity index is 2.28. The highest BCUT2D eigenvalue weighted by Gasteiger charge is 2.34. The van der Waals surface area contributed by atoms with Crippen LogP contribution in [0, 0.1) is 0 Å². The Bertz CT molecular complexity index is 237. The van der Waals surface area contributed by atoms with Gasteiger partial charge in [0.05, 0.1) is 5.54 Å². The second-order valence-corrected chi connectivity index (χ2v) is 4.24. The van der Waals surface area contributed by atoms with Gasteiger partial charge >= 0.3 is 0 Å². The minimum absolute atomic E-state index is 0.105. The molecule has 1 aliphatic heterocycles. The molecule has 3 heteroatoms. The zero-order valence-electron chi connectivity index (χ0n) is 7.05. The lowest BCUT2D eigenvalue weighted by Gasteiger charge is -2.26. The summed E-state index contributed by atoms with van der Waals surface area (Å²) in [6.07, 6.45) is 2.43. The van der Waals surface area contributed by atoms with Crippen molar-refractivity contribution in [2.75, 3.05) is 13.1 Å². The van der Waals surface area contributed by atoms with Gasteiger partial charge in [0.15, 0.2) is 0 Å². The molecule has 1 aromatic rings. The standard InChI is InChI=1S/C9H14N2S/c10-7-9(4-2-5-11-9)8-3-1-6-12-8/h1,3,6,11H,2,4-5,7,10H2. The molecule has 1 atom stereocenters. The van der Waals surface area contributed by atoms with Crippen LogP contribution in [0.15, 0.2) is 17.5 Å². The number of nitrogens with two attached hydrogens (primary N) is 1. The van der Waals surface area contributed by atoms with Crippen molar-refractivity contribution in [3.8, 4) is 0 Å². The van der Waals surface area contributed by atoms with Crippen molar-refractivity contribution >= 4 is 11.3 Å². The second kappa shape index (κ2) is 3.17. The first-order chi connectivity index (χ1) is 5.87. The molecule has 0 radical (unpaired) electrons. The highest BCUT2D eigenvalue weighted by atomic mass is 32.1. The van der Waals surface area contributed by atoms with Gasteiger partial charge in [-0.15, -0.1) is 11.3 Å². The van der Waals surface area contributed by atoms with Gasteiger partial charge in [-0.3, -0.25) is 0 Å². The van der Waals surface area contributed by atoms with Crippen molar-refractivity contribution in [3.05, 3.63) is 22.4 Å². The molecule has 12 heavy (non-hydrogen) atoms. The van der Waals surface area contributed by atoms with Crippen molar-refractivity contribution in [1.82, 2.24) is 5.32 Å². The smallest absolute Gasteiger partial charge is 0.0653 e. The summed E-state index contributed by atoms with van der Waals surface area (Å²) in [6, 6.07) is 4.27. The summed E-state index contributed by atoms with van der Waals surface area (Å²) in [5.74, 6) is 0. The first-order valence-electron chi connectivity index (χ1n) is 4.36. The van der Waals surface area contributed by atoms with Gasteiger partial charge < -0.3 is 11.1 Å². The fourth-order valence-electron chi connectivity index (χ4n) is 1.84. The van der Waals surface area contributed by atoms with E-state index in [1.54, 1.807) is 11.3 Å². The molecule has 2 heterocycles. The van der Waals surface area contributed by atoms with E-state index in [2.05, 4.69) is 22.8 Å². The fourth-order valence-corrected chi connectivity index (χ4v) is 2.79. The third-order valence-electron chi connectivity index (χ3n) is 2.59. The Morgan fingerprint density at radius 3 is 3.08 bits per heavy atom. The number of hydrogen-bond acceptors (Lipinski definition) is 3. The van der Waals surface area contributed by atoms with Gasteiger partial charge in [-0.2, -0.15) is 0 Å². The summed E-state index contributed by atoms with van der Waals surface area (Å²) in [6.45, 7) is 1.82. The van der Waals surface area contributed by atoms with E-state index >= 15 is 0 Å². The Labute approximate surface area is 76.8 Å². The largest absolute Gasteiger partial charge is 0.328 e. The SMILES string of the molecule is NCC1(c2cccs2)CCCN1. The number of thiophene rings is 1. The van der Waals surface area contributed by atoms with Gasteiger partial charge in [0.1, 0.15) is 0 Å². The highest BCUT2D eigenvalue weighted by molar-refractivity contribution is 7.10. The molecule has 0 bridgehead atoms. The molecule has 1 unspecified atom stereocenters. The molecule has 2 nitrogen and oxygen atoms in total. The van der Waals surface area contributed by atoms with Crippen molar-refractivity contribution in [3.63, 3.8) is 0 Å². The van der Waals surface area contributed by atoms with E-state index in [-0.39, 0.29) is 5.54 Å². The van der Waals surface area contributed by atoms with Crippen LogP contribution in [-0.4, -0.2) is 13.1 Å².